The minimum atomic E-state index is -3.89. The van der Waals surface area contributed by atoms with Gasteiger partial charge in [0.25, 0.3) is 15.9 Å². The largest absolute Gasteiger partial charge is 0.324 e. The van der Waals surface area contributed by atoms with Crippen LogP contribution in [-0.4, -0.2) is 38.1 Å². The van der Waals surface area contributed by atoms with Crippen molar-refractivity contribution < 1.29 is 27.2 Å². The topological polar surface area (TPSA) is 105 Å². The van der Waals surface area contributed by atoms with Crippen LogP contribution in [0, 0.1) is 5.82 Å². The van der Waals surface area contributed by atoms with Crippen molar-refractivity contribution >= 4 is 27.4 Å². The monoisotopic (exact) mass is 419 g/mol. The highest BCUT2D eigenvalue weighted by molar-refractivity contribution is 7.89. The van der Waals surface area contributed by atoms with Gasteiger partial charge in [-0.15, -0.1) is 0 Å². The third-order valence-electron chi connectivity index (χ3n) is 4.19. The number of ketones is 1. The van der Waals surface area contributed by atoms with Gasteiger partial charge >= 0.3 is 0 Å². The van der Waals surface area contributed by atoms with Crippen LogP contribution in [-0.2, 0) is 19.7 Å². The van der Waals surface area contributed by atoms with E-state index >= 15 is 0 Å². The number of hydrogen-bond donors (Lipinski definition) is 2. The molecule has 0 atom stereocenters. The SMILES string of the molecule is CC(NOCC(=O)Nc1cccc(F)c1)=C1C(=O)c2ccccc2S(=O)(=O)N1C. The molecular weight excluding hydrogens is 401 g/mol. The van der Waals surface area contributed by atoms with Crippen LogP contribution in [0.15, 0.2) is 64.8 Å². The van der Waals surface area contributed by atoms with Gasteiger partial charge in [0.05, 0.1) is 10.6 Å². The zero-order valence-corrected chi connectivity index (χ0v) is 16.4. The molecule has 2 aromatic rings. The van der Waals surface area contributed by atoms with E-state index in [0.29, 0.717) is 0 Å². The highest BCUT2D eigenvalue weighted by Gasteiger charge is 2.38. The van der Waals surface area contributed by atoms with Gasteiger partial charge in [-0.05, 0) is 37.3 Å². The minimum absolute atomic E-state index is 0.0607. The normalized spacial score (nSPS) is 16.8. The predicted octanol–water partition coefficient (Wildman–Crippen LogP) is 2.03. The number of hydroxylamine groups is 1. The smallest absolute Gasteiger partial charge is 0.264 e. The number of Topliss-reactive ketones (excluding diaryl/α,β-unsaturated/α-hetero) is 1. The summed E-state index contributed by atoms with van der Waals surface area (Å²) in [6.45, 7) is 1.00. The van der Waals surface area contributed by atoms with Crippen molar-refractivity contribution in [1.29, 1.82) is 0 Å². The maximum Gasteiger partial charge on any atom is 0.264 e. The molecule has 1 aliphatic rings. The van der Waals surface area contributed by atoms with Crippen molar-refractivity contribution in [2.45, 2.75) is 11.8 Å². The molecule has 2 N–H and O–H groups in total. The summed E-state index contributed by atoms with van der Waals surface area (Å²) in [5.41, 5.74) is 2.75. The second-order valence-electron chi connectivity index (χ2n) is 6.22. The third-order valence-corrected chi connectivity index (χ3v) is 6.01. The van der Waals surface area contributed by atoms with Gasteiger partial charge in [0.1, 0.15) is 11.5 Å². The first-order valence-corrected chi connectivity index (χ1v) is 9.92. The van der Waals surface area contributed by atoms with E-state index in [0.717, 1.165) is 10.4 Å². The highest BCUT2D eigenvalue weighted by Crippen LogP contribution is 2.31. The first-order valence-electron chi connectivity index (χ1n) is 8.48. The molecule has 2 aromatic carbocycles. The van der Waals surface area contributed by atoms with Crippen LogP contribution >= 0.6 is 0 Å². The molecule has 0 saturated heterocycles. The van der Waals surface area contributed by atoms with Crippen LogP contribution in [0.4, 0.5) is 10.1 Å². The first-order chi connectivity index (χ1) is 13.7. The Bertz CT molecular complexity index is 1110. The van der Waals surface area contributed by atoms with Crippen LogP contribution in [0.1, 0.15) is 17.3 Å². The van der Waals surface area contributed by atoms with Gasteiger partial charge in [0.15, 0.2) is 6.61 Å². The molecule has 0 aromatic heterocycles. The van der Waals surface area contributed by atoms with Gasteiger partial charge in [0.2, 0.25) is 5.78 Å². The number of halogens is 1. The maximum absolute atomic E-state index is 13.1. The van der Waals surface area contributed by atoms with Crippen LogP contribution in [0.2, 0.25) is 0 Å². The Morgan fingerprint density at radius 1 is 1.17 bits per heavy atom. The Morgan fingerprint density at radius 2 is 1.90 bits per heavy atom. The summed E-state index contributed by atoms with van der Waals surface area (Å²) in [5.74, 6) is -1.55. The molecule has 1 heterocycles. The van der Waals surface area contributed by atoms with E-state index in [9.17, 15) is 22.4 Å². The van der Waals surface area contributed by atoms with Gasteiger partial charge < -0.3 is 5.32 Å². The molecule has 0 radical (unpaired) electrons. The van der Waals surface area contributed by atoms with Crippen molar-refractivity contribution in [3.8, 4) is 0 Å². The molecule has 0 fully saturated rings. The standard InChI is InChI=1S/C19H18FN3O5S/c1-12(22-28-11-17(24)21-14-7-5-6-13(20)10-14)18-19(25)15-8-3-4-9-16(15)29(26,27)23(18)2/h3-10,22H,11H2,1-2H3,(H,21,24). The van der Waals surface area contributed by atoms with Crippen molar-refractivity contribution in [2.75, 3.05) is 19.0 Å². The van der Waals surface area contributed by atoms with E-state index in [4.69, 9.17) is 4.84 Å². The number of amides is 1. The minimum Gasteiger partial charge on any atom is -0.324 e. The Kier molecular flexibility index (Phi) is 5.66. The fourth-order valence-corrected chi connectivity index (χ4v) is 4.29. The lowest BCUT2D eigenvalue weighted by Gasteiger charge is -2.29. The van der Waals surface area contributed by atoms with Gasteiger partial charge in [-0.25, -0.2) is 12.8 Å². The number of nitrogens with one attached hydrogen (secondary N) is 2. The number of nitrogens with zero attached hydrogens (tertiary/aromatic N) is 1. The van der Waals surface area contributed by atoms with E-state index in [1.54, 1.807) is 6.07 Å². The van der Waals surface area contributed by atoms with E-state index < -0.39 is 34.1 Å². The molecule has 29 heavy (non-hydrogen) atoms. The molecule has 10 heteroatoms. The summed E-state index contributed by atoms with van der Waals surface area (Å²) in [4.78, 5) is 29.6. The molecule has 0 unspecified atom stereocenters. The number of fused-ring (bicyclic) bond motifs is 1. The number of hydrogen-bond acceptors (Lipinski definition) is 6. The van der Waals surface area contributed by atoms with Crippen LogP contribution in [0.25, 0.3) is 0 Å². The van der Waals surface area contributed by atoms with E-state index in [2.05, 4.69) is 10.8 Å². The highest BCUT2D eigenvalue weighted by atomic mass is 32.2. The van der Waals surface area contributed by atoms with Crippen LogP contribution in [0.3, 0.4) is 0 Å². The van der Waals surface area contributed by atoms with E-state index in [1.807, 2.05) is 0 Å². The molecule has 0 bridgehead atoms. The summed E-state index contributed by atoms with van der Waals surface area (Å²) in [5, 5.41) is 2.45. The molecular formula is C19H18FN3O5S. The molecule has 3 rings (SSSR count). The fraction of sp³-hybridized carbons (Fsp3) is 0.158. The number of sulfonamides is 1. The van der Waals surface area contributed by atoms with Crippen LogP contribution in [0.5, 0.6) is 0 Å². The second kappa shape index (κ2) is 8.02. The van der Waals surface area contributed by atoms with Gasteiger partial charge in [-0.1, -0.05) is 18.2 Å². The zero-order chi connectivity index (χ0) is 21.2. The zero-order valence-electron chi connectivity index (χ0n) is 15.6. The van der Waals surface area contributed by atoms with Crippen LogP contribution < -0.4 is 10.8 Å². The number of rotatable bonds is 5. The molecule has 0 aliphatic carbocycles. The van der Waals surface area contributed by atoms with Crippen molar-refractivity contribution in [1.82, 2.24) is 9.79 Å². The third kappa shape index (κ3) is 4.13. The number of allylic oxidation sites excluding steroid dienone is 2. The number of likely N-dealkylation sites (N-methyl/N-ethyl adjacent to an activating group) is 1. The number of anilines is 1. The summed E-state index contributed by atoms with van der Waals surface area (Å²) in [6.07, 6.45) is 0. The number of benzene rings is 2. The Labute approximate surface area is 167 Å². The average Bonchev–Trinajstić information content (AvgIpc) is 2.67. The maximum atomic E-state index is 13.1. The Hall–Kier alpha value is -3.24. The van der Waals surface area contributed by atoms with Gasteiger partial charge in [-0.3, -0.25) is 24.2 Å². The number of carbonyl (C=O) groups is 2. The van der Waals surface area contributed by atoms with Gasteiger partial charge in [0, 0.05) is 18.3 Å². The Morgan fingerprint density at radius 3 is 2.62 bits per heavy atom. The molecule has 0 spiro atoms. The summed E-state index contributed by atoms with van der Waals surface area (Å²) in [6, 6.07) is 11.3. The molecule has 0 saturated carbocycles. The lowest BCUT2D eigenvalue weighted by atomic mass is 10.1. The average molecular weight is 419 g/mol. The summed E-state index contributed by atoms with van der Waals surface area (Å²) >= 11 is 0. The molecule has 1 amide bonds. The van der Waals surface area contributed by atoms with Crippen molar-refractivity contribution in [2.24, 2.45) is 0 Å². The molecule has 152 valence electrons. The fourth-order valence-electron chi connectivity index (χ4n) is 2.85. The molecule has 1 aliphatic heterocycles. The lowest BCUT2D eigenvalue weighted by Crippen LogP contribution is -2.38. The molecule has 8 nitrogen and oxygen atoms in total. The van der Waals surface area contributed by atoms with Crippen molar-refractivity contribution in [3.05, 3.63) is 71.3 Å². The van der Waals surface area contributed by atoms with E-state index in [-0.39, 0.29) is 27.5 Å². The first kappa shape index (κ1) is 20.5. The summed E-state index contributed by atoms with van der Waals surface area (Å²) in [7, 11) is -2.63. The van der Waals surface area contributed by atoms with E-state index in [1.165, 1.54) is 50.4 Å². The predicted molar refractivity (Wildman–Crippen MR) is 103 cm³/mol. The number of carbonyl (C=O) groups excluding carboxylic acids is 2. The Balaban J connectivity index is 1.71. The lowest BCUT2D eigenvalue weighted by molar-refractivity contribution is -0.122. The quantitative estimate of drug-likeness (QED) is 0.568. The van der Waals surface area contributed by atoms with Gasteiger partial charge in [-0.2, -0.15) is 0 Å². The summed E-state index contributed by atoms with van der Waals surface area (Å²) < 4.78 is 39.3. The van der Waals surface area contributed by atoms with Crippen molar-refractivity contribution in [3.63, 3.8) is 0 Å². The second-order valence-corrected chi connectivity index (χ2v) is 8.16.